The molecule has 1 fully saturated rings. The molecule has 5 nitrogen and oxygen atoms in total. The number of aromatic carboxylic acids is 1. The van der Waals surface area contributed by atoms with E-state index in [4.69, 9.17) is 5.11 Å². The van der Waals surface area contributed by atoms with Crippen molar-refractivity contribution >= 4 is 27.3 Å². The van der Waals surface area contributed by atoms with Crippen LogP contribution in [0, 0.1) is 11.8 Å². The van der Waals surface area contributed by atoms with Crippen molar-refractivity contribution in [3.63, 3.8) is 0 Å². The minimum Gasteiger partial charge on any atom is -0.477 e. The number of hydrogen-bond donors (Lipinski definition) is 2. The fourth-order valence-corrected chi connectivity index (χ4v) is 4.69. The van der Waals surface area contributed by atoms with E-state index in [0.29, 0.717) is 18.4 Å². The van der Waals surface area contributed by atoms with Crippen molar-refractivity contribution in [1.29, 1.82) is 0 Å². The van der Waals surface area contributed by atoms with Gasteiger partial charge in [0.1, 0.15) is 9.09 Å². The van der Waals surface area contributed by atoms with Crippen LogP contribution in [0.3, 0.4) is 0 Å². The van der Waals surface area contributed by atoms with Gasteiger partial charge in [0, 0.05) is 6.54 Å². The molecule has 2 rings (SSSR count). The van der Waals surface area contributed by atoms with E-state index in [9.17, 15) is 13.2 Å². The summed E-state index contributed by atoms with van der Waals surface area (Å²) in [5, 5.41) is 8.79. The number of hydrogen-bond acceptors (Lipinski definition) is 4. The zero-order valence-corrected chi connectivity index (χ0v) is 12.3. The van der Waals surface area contributed by atoms with E-state index >= 15 is 0 Å². The first kappa shape index (κ1) is 14.5. The molecule has 7 heteroatoms. The molecule has 1 aliphatic carbocycles. The topological polar surface area (TPSA) is 83.5 Å². The van der Waals surface area contributed by atoms with Crippen LogP contribution < -0.4 is 4.72 Å². The van der Waals surface area contributed by atoms with Crippen molar-refractivity contribution in [2.24, 2.45) is 11.8 Å². The van der Waals surface area contributed by atoms with Gasteiger partial charge in [-0.25, -0.2) is 17.9 Å². The van der Waals surface area contributed by atoms with Gasteiger partial charge in [0.15, 0.2) is 0 Å². The SMILES string of the molecule is CC1CCC(CNS(=O)(=O)c2ccc(C(=O)O)s2)C1. The summed E-state index contributed by atoms with van der Waals surface area (Å²) in [6.07, 6.45) is 3.25. The summed E-state index contributed by atoms with van der Waals surface area (Å²) in [6.45, 7) is 2.61. The molecule has 2 atom stereocenters. The van der Waals surface area contributed by atoms with E-state index < -0.39 is 16.0 Å². The summed E-state index contributed by atoms with van der Waals surface area (Å²) < 4.78 is 26.7. The first-order valence-electron chi connectivity index (χ1n) is 6.21. The number of carboxylic acid groups (broad SMARTS) is 1. The van der Waals surface area contributed by atoms with Gasteiger partial charge in [-0.1, -0.05) is 13.3 Å². The van der Waals surface area contributed by atoms with Crippen LogP contribution in [0.15, 0.2) is 16.3 Å². The third-order valence-corrected chi connectivity index (χ3v) is 6.41. The van der Waals surface area contributed by atoms with Crippen LogP contribution in [-0.4, -0.2) is 26.0 Å². The molecule has 0 aromatic carbocycles. The normalized spacial score (nSPS) is 23.6. The highest BCUT2D eigenvalue weighted by Gasteiger charge is 2.24. The van der Waals surface area contributed by atoms with Gasteiger partial charge in [0.2, 0.25) is 10.0 Å². The Bertz CT molecular complexity index is 564. The van der Waals surface area contributed by atoms with Gasteiger partial charge in [-0.2, -0.15) is 0 Å². The van der Waals surface area contributed by atoms with Crippen LogP contribution >= 0.6 is 11.3 Å². The van der Waals surface area contributed by atoms with Gasteiger partial charge in [0.05, 0.1) is 0 Å². The van der Waals surface area contributed by atoms with Crippen LogP contribution in [0.1, 0.15) is 35.9 Å². The predicted octanol–water partition coefficient (Wildman–Crippen LogP) is 2.16. The molecule has 0 spiro atoms. The molecule has 0 amide bonds. The van der Waals surface area contributed by atoms with Gasteiger partial charge in [-0.05, 0) is 36.8 Å². The number of rotatable bonds is 5. The highest BCUT2D eigenvalue weighted by Crippen LogP contribution is 2.30. The Labute approximate surface area is 116 Å². The molecule has 2 N–H and O–H groups in total. The lowest BCUT2D eigenvalue weighted by molar-refractivity contribution is 0.0702. The van der Waals surface area contributed by atoms with Crippen molar-refractivity contribution in [2.45, 2.75) is 30.4 Å². The van der Waals surface area contributed by atoms with Gasteiger partial charge in [-0.15, -0.1) is 11.3 Å². The van der Waals surface area contributed by atoms with Crippen LogP contribution in [-0.2, 0) is 10.0 Å². The molecular weight excluding hydrogens is 286 g/mol. The quantitative estimate of drug-likeness (QED) is 0.873. The molecule has 1 aromatic heterocycles. The summed E-state index contributed by atoms with van der Waals surface area (Å²) in [7, 11) is -3.57. The standard InChI is InChI=1S/C12H17NO4S2/c1-8-2-3-9(6-8)7-13-19(16,17)11-5-4-10(18-11)12(14)15/h4-5,8-9,13H,2-3,6-7H2,1H3,(H,14,15). The second-order valence-electron chi connectivity index (χ2n) is 5.06. The fraction of sp³-hybridized carbons (Fsp3) is 0.583. The van der Waals surface area contributed by atoms with Crippen LogP contribution in [0.2, 0.25) is 0 Å². The Morgan fingerprint density at radius 3 is 2.74 bits per heavy atom. The van der Waals surface area contributed by atoms with E-state index in [1.54, 1.807) is 0 Å². The van der Waals surface area contributed by atoms with Gasteiger partial charge >= 0.3 is 5.97 Å². The lowest BCUT2D eigenvalue weighted by Gasteiger charge is -2.10. The highest BCUT2D eigenvalue weighted by molar-refractivity contribution is 7.91. The number of nitrogens with one attached hydrogen (secondary N) is 1. The van der Waals surface area contributed by atoms with E-state index in [2.05, 4.69) is 11.6 Å². The molecule has 106 valence electrons. The first-order valence-corrected chi connectivity index (χ1v) is 8.51. The lowest BCUT2D eigenvalue weighted by atomic mass is 10.1. The van der Waals surface area contributed by atoms with E-state index in [-0.39, 0.29) is 9.09 Å². The Balaban J connectivity index is 1.99. The second kappa shape index (κ2) is 5.60. The van der Waals surface area contributed by atoms with E-state index in [1.807, 2.05) is 0 Å². The second-order valence-corrected chi connectivity index (χ2v) is 8.14. The maximum atomic E-state index is 12.0. The van der Waals surface area contributed by atoms with Crippen molar-refractivity contribution < 1.29 is 18.3 Å². The summed E-state index contributed by atoms with van der Waals surface area (Å²) in [5.41, 5.74) is 0. The molecule has 0 bridgehead atoms. The van der Waals surface area contributed by atoms with Crippen molar-refractivity contribution in [3.8, 4) is 0 Å². The molecule has 19 heavy (non-hydrogen) atoms. The van der Waals surface area contributed by atoms with Gasteiger partial charge in [0.25, 0.3) is 0 Å². The van der Waals surface area contributed by atoms with Gasteiger partial charge < -0.3 is 5.11 Å². The molecule has 1 saturated carbocycles. The minimum atomic E-state index is -3.57. The third kappa shape index (κ3) is 3.55. The largest absolute Gasteiger partial charge is 0.477 e. The number of sulfonamides is 1. The Hall–Kier alpha value is -0.920. The van der Waals surface area contributed by atoms with Crippen LogP contribution in [0.25, 0.3) is 0 Å². The lowest BCUT2D eigenvalue weighted by Crippen LogP contribution is -2.28. The van der Waals surface area contributed by atoms with Gasteiger partial charge in [-0.3, -0.25) is 0 Å². The predicted molar refractivity (Wildman–Crippen MR) is 73.0 cm³/mol. The average Bonchev–Trinajstić information content (AvgIpc) is 2.95. The first-order chi connectivity index (χ1) is 8.88. The highest BCUT2D eigenvalue weighted by atomic mass is 32.2. The van der Waals surface area contributed by atoms with E-state index in [0.717, 1.165) is 30.6 Å². The smallest absolute Gasteiger partial charge is 0.345 e. The summed E-state index contributed by atoms with van der Waals surface area (Å²) in [5.74, 6) is -0.0467. The molecule has 1 aromatic rings. The molecule has 2 unspecified atom stereocenters. The van der Waals surface area contributed by atoms with Crippen LogP contribution in [0.5, 0.6) is 0 Å². The Morgan fingerprint density at radius 2 is 2.21 bits per heavy atom. The van der Waals surface area contributed by atoms with E-state index in [1.165, 1.54) is 12.1 Å². The Kier molecular flexibility index (Phi) is 4.27. The monoisotopic (exact) mass is 303 g/mol. The minimum absolute atomic E-state index is 0.0369. The summed E-state index contributed by atoms with van der Waals surface area (Å²) >= 11 is 0.781. The summed E-state index contributed by atoms with van der Waals surface area (Å²) in [4.78, 5) is 10.8. The molecule has 1 heterocycles. The third-order valence-electron chi connectivity index (χ3n) is 3.42. The van der Waals surface area contributed by atoms with Crippen molar-refractivity contribution in [2.75, 3.05) is 6.54 Å². The number of carbonyl (C=O) groups is 1. The van der Waals surface area contributed by atoms with Crippen LogP contribution in [0.4, 0.5) is 0 Å². The summed E-state index contributed by atoms with van der Waals surface area (Å²) in [6, 6.07) is 2.66. The Morgan fingerprint density at radius 1 is 1.47 bits per heavy atom. The fourth-order valence-electron chi connectivity index (χ4n) is 2.39. The van der Waals surface area contributed by atoms with Crippen molar-refractivity contribution in [3.05, 3.63) is 17.0 Å². The maximum Gasteiger partial charge on any atom is 0.345 e. The number of thiophene rings is 1. The molecule has 0 saturated heterocycles. The average molecular weight is 303 g/mol. The molecule has 0 radical (unpaired) electrons. The molecule has 0 aliphatic heterocycles. The number of carboxylic acids is 1. The molecule has 1 aliphatic rings. The maximum absolute atomic E-state index is 12.0. The zero-order chi connectivity index (χ0) is 14.0. The van der Waals surface area contributed by atoms with Crippen molar-refractivity contribution in [1.82, 2.24) is 4.72 Å². The molecular formula is C12H17NO4S2. The zero-order valence-electron chi connectivity index (χ0n) is 10.6.